The van der Waals surface area contributed by atoms with E-state index in [-0.39, 0.29) is 6.71 Å². The number of para-hydroxylation sites is 2. The molecule has 0 N–H and O–H groups in total. The largest absolute Gasteiger partial charge is 0.458 e. The molecular formula is C44H26BNO. The Bertz CT molecular complexity index is 2780. The lowest BCUT2D eigenvalue weighted by molar-refractivity contribution is 0.489. The molecule has 0 saturated carbocycles. The summed E-state index contributed by atoms with van der Waals surface area (Å²) in [5.41, 5.74) is 12.3. The summed E-state index contributed by atoms with van der Waals surface area (Å²) >= 11 is 0. The van der Waals surface area contributed by atoms with Crippen LogP contribution >= 0.6 is 0 Å². The van der Waals surface area contributed by atoms with E-state index in [0.29, 0.717) is 0 Å². The van der Waals surface area contributed by atoms with Gasteiger partial charge >= 0.3 is 0 Å². The molecule has 0 bridgehead atoms. The van der Waals surface area contributed by atoms with Crippen molar-refractivity contribution in [2.45, 2.75) is 0 Å². The van der Waals surface area contributed by atoms with E-state index in [1.165, 1.54) is 82.1 Å². The zero-order chi connectivity index (χ0) is 30.6. The maximum absolute atomic E-state index is 7.02. The summed E-state index contributed by atoms with van der Waals surface area (Å²) in [6.07, 6.45) is 0. The second-order valence-corrected chi connectivity index (χ2v) is 12.8. The molecule has 3 heteroatoms. The van der Waals surface area contributed by atoms with Gasteiger partial charge < -0.3 is 9.30 Å². The third-order valence-electron chi connectivity index (χ3n) is 10.4. The first kappa shape index (κ1) is 25.2. The Morgan fingerprint density at radius 3 is 1.96 bits per heavy atom. The van der Waals surface area contributed by atoms with Crippen LogP contribution in [0.3, 0.4) is 0 Å². The smallest absolute Gasteiger partial charge is 0.256 e. The summed E-state index contributed by atoms with van der Waals surface area (Å²) in [6.45, 7) is 0.0675. The zero-order valence-electron chi connectivity index (χ0n) is 25.4. The van der Waals surface area contributed by atoms with E-state index < -0.39 is 0 Å². The number of benzene rings is 8. The Balaban J connectivity index is 1.32. The van der Waals surface area contributed by atoms with Crippen LogP contribution in [0.4, 0.5) is 0 Å². The lowest BCUT2D eigenvalue weighted by atomic mass is 9.34. The second-order valence-electron chi connectivity index (χ2n) is 12.8. The van der Waals surface area contributed by atoms with Gasteiger partial charge in [0.25, 0.3) is 6.71 Å². The molecule has 47 heavy (non-hydrogen) atoms. The Labute approximate surface area is 272 Å². The molecule has 0 saturated heterocycles. The molecule has 0 atom stereocenters. The summed E-state index contributed by atoms with van der Waals surface area (Å²) in [6, 6.07) is 57.6. The van der Waals surface area contributed by atoms with Gasteiger partial charge in [-0.2, -0.15) is 0 Å². The van der Waals surface area contributed by atoms with Gasteiger partial charge in [0.15, 0.2) is 0 Å². The quantitative estimate of drug-likeness (QED) is 0.182. The highest BCUT2D eigenvalue weighted by Gasteiger charge is 2.41. The molecule has 11 rings (SSSR count). The Morgan fingerprint density at radius 1 is 0.468 bits per heavy atom. The molecule has 2 nitrogen and oxygen atoms in total. The summed E-state index contributed by atoms with van der Waals surface area (Å²) in [5.74, 6) is 1.90. The van der Waals surface area contributed by atoms with E-state index in [4.69, 9.17) is 4.74 Å². The van der Waals surface area contributed by atoms with Gasteiger partial charge in [-0.05, 0) is 85.0 Å². The average molecular weight is 596 g/mol. The minimum Gasteiger partial charge on any atom is -0.458 e. The van der Waals surface area contributed by atoms with Crippen LogP contribution in [0, 0.1) is 0 Å². The maximum Gasteiger partial charge on any atom is 0.256 e. The first-order chi connectivity index (χ1) is 23.3. The fraction of sp³-hybridized carbons (Fsp3) is 0. The van der Waals surface area contributed by atoms with Crippen LogP contribution in [0.5, 0.6) is 11.5 Å². The second kappa shape index (κ2) is 9.25. The molecule has 2 aliphatic heterocycles. The highest BCUT2D eigenvalue weighted by atomic mass is 16.5. The highest BCUT2D eigenvalue weighted by Crippen LogP contribution is 2.46. The topological polar surface area (TPSA) is 14.2 Å². The van der Waals surface area contributed by atoms with Gasteiger partial charge in [-0.15, -0.1) is 0 Å². The van der Waals surface area contributed by atoms with Crippen molar-refractivity contribution in [3.8, 4) is 39.4 Å². The number of hydrogen-bond acceptors (Lipinski definition) is 1. The molecule has 8 aromatic carbocycles. The van der Waals surface area contributed by atoms with Crippen molar-refractivity contribution in [3.63, 3.8) is 0 Å². The van der Waals surface area contributed by atoms with E-state index in [0.717, 1.165) is 17.1 Å². The lowest BCUT2D eigenvalue weighted by Gasteiger charge is -2.34. The third-order valence-corrected chi connectivity index (χ3v) is 10.4. The predicted octanol–water partition coefficient (Wildman–Crippen LogP) is 9.36. The van der Waals surface area contributed by atoms with E-state index in [2.05, 4.69) is 162 Å². The molecule has 0 amide bonds. The van der Waals surface area contributed by atoms with Crippen molar-refractivity contribution in [2.24, 2.45) is 0 Å². The van der Waals surface area contributed by atoms with Crippen molar-refractivity contribution < 1.29 is 4.74 Å². The van der Waals surface area contributed by atoms with Crippen LogP contribution in [0.15, 0.2) is 158 Å². The van der Waals surface area contributed by atoms with Gasteiger partial charge in [0.1, 0.15) is 11.5 Å². The van der Waals surface area contributed by atoms with Crippen LogP contribution in [0.25, 0.3) is 71.3 Å². The van der Waals surface area contributed by atoms with Crippen molar-refractivity contribution in [1.82, 2.24) is 4.57 Å². The Morgan fingerprint density at radius 2 is 1.13 bits per heavy atom. The molecule has 0 radical (unpaired) electrons. The van der Waals surface area contributed by atoms with Crippen LogP contribution in [0.1, 0.15) is 0 Å². The van der Waals surface area contributed by atoms with Crippen LogP contribution < -0.4 is 21.1 Å². The van der Waals surface area contributed by atoms with Gasteiger partial charge in [0.05, 0.1) is 11.0 Å². The van der Waals surface area contributed by atoms with Gasteiger partial charge in [-0.3, -0.25) is 0 Å². The number of fused-ring (bicyclic) bond motifs is 10. The summed E-state index contributed by atoms with van der Waals surface area (Å²) in [4.78, 5) is 0. The molecule has 0 spiro atoms. The molecule has 216 valence electrons. The first-order valence-corrected chi connectivity index (χ1v) is 16.3. The van der Waals surface area contributed by atoms with E-state index in [9.17, 15) is 0 Å². The summed E-state index contributed by atoms with van der Waals surface area (Å²) in [7, 11) is 0. The fourth-order valence-corrected chi connectivity index (χ4v) is 8.46. The summed E-state index contributed by atoms with van der Waals surface area (Å²) in [5, 5.41) is 7.49. The third kappa shape index (κ3) is 3.35. The summed E-state index contributed by atoms with van der Waals surface area (Å²) < 4.78 is 9.51. The Hall–Kier alpha value is -6.06. The van der Waals surface area contributed by atoms with Crippen molar-refractivity contribution in [3.05, 3.63) is 158 Å². The normalized spacial score (nSPS) is 12.8. The van der Waals surface area contributed by atoms with Gasteiger partial charge in [-0.25, -0.2) is 0 Å². The standard InChI is InChI=1S/C44H26BNO/c1-3-15-30-27(11-1)13-9-17-32(30)29-23-24-39-34(25-29)35-26-36(33-18-10-14-28-12-2-4-16-31(28)33)44-42-43(35)46(39)40-21-7-5-19-37(40)45(42)38-20-6-8-22-41(38)47-44/h1-26H. The number of nitrogens with zero attached hydrogens (tertiary/aromatic N) is 1. The molecular weight excluding hydrogens is 569 g/mol. The number of aromatic nitrogens is 1. The van der Waals surface area contributed by atoms with Crippen LogP contribution in [-0.4, -0.2) is 11.3 Å². The lowest BCUT2D eigenvalue weighted by Crippen LogP contribution is -2.58. The van der Waals surface area contributed by atoms with Crippen molar-refractivity contribution in [2.75, 3.05) is 0 Å². The van der Waals surface area contributed by atoms with E-state index in [1.807, 2.05) is 0 Å². The minimum atomic E-state index is 0.0675. The van der Waals surface area contributed by atoms with Gasteiger partial charge in [0.2, 0.25) is 0 Å². The predicted molar refractivity (Wildman–Crippen MR) is 198 cm³/mol. The highest BCUT2D eigenvalue weighted by molar-refractivity contribution is 6.99. The molecule has 0 fully saturated rings. The van der Waals surface area contributed by atoms with Crippen LogP contribution in [0.2, 0.25) is 0 Å². The van der Waals surface area contributed by atoms with Crippen LogP contribution in [-0.2, 0) is 0 Å². The molecule has 0 aliphatic carbocycles. The number of rotatable bonds is 2. The molecule has 2 aliphatic rings. The molecule has 9 aromatic rings. The SMILES string of the molecule is c1ccc2c(c1)Oc1c(-c3cccc4ccccc34)cc3c4cc(-c5cccc6ccccc56)ccc4n4c3c1B2c1ccccc1-4. The monoisotopic (exact) mass is 595 g/mol. The van der Waals surface area contributed by atoms with Gasteiger partial charge in [-0.1, -0.05) is 127 Å². The molecule has 0 unspecified atom stereocenters. The minimum absolute atomic E-state index is 0.0675. The number of hydrogen-bond donors (Lipinski definition) is 0. The Kier molecular flexibility index (Phi) is 4.95. The number of ether oxygens (including phenoxy) is 1. The van der Waals surface area contributed by atoms with E-state index >= 15 is 0 Å². The van der Waals surface area contributed by atoms with E-state index in [1.54, 1.807) is 0 Å². The fourth-order valence-electron chi connectivity index (χ4n) is 8.46. The van der Waals surface area contributed by atoms with Crippen molar-refractivity contribution >= 4 is 66.5 Å². The first-order valence-electron chi connectivity index (χ1n) is 16.3. The molecule has 1 aromatic heterocycles. The molecule has 3 heterocycles. The maximum atomic E-state index is 7.02. The zero-order valence-corrected chi connectivity index (χ0v) is 25.4. The average Bonchev–Trinajstić information content (AvgIpc) is 3.47. The van der Waals surface area contributed by atoms with Gasteiger partial charge in [0, 0.05) is 22.0 Å². The van der Waals surface area contributed by atoms with Crippen molar-refractivity contribution in [1.29, 1.82) is 0 Å².